The zero-order valence-electron chi connectivity index (χ0n) is 29.4. The number of hydrogen-bond donors (Lipinski definition) is 0. The van der Waals surface area contributed by atoms with Gasteiger partial charge in [0.15, 0.2) is 0 Å². The van der Waals surface area contributed by atoms with Crippen molar-refractivity contribution in [3.63, 3.8) is 0 Å². The van der Waals surface area contributed by atoms with Crippen molar-refractivity contribution in [1.82, 2.24) is 0 Å². The van der Waals surface area contributed by atoms with Crippen molar-refractivity contribution in [1.29, 1.82) is 0 Å². The first kappa shape index (κ1) is 36.0. The Bertz CT molecular complexity index is 1470. The largest absolute Gasteiger partial charge is 0.491 e. The smallest absolute Gasteiger partial charge is 0.343 e. The highest BCUT2D eigenvalue weighted by Crippen LogP contribution is 2.28. The van der Waals surface area contributed by atoms with E-state index in [1.165, 1.54) is 106 Å². The zero-order valence-corrected chi connectivity index (χ0v) is 29.4. The number of carbonyl (C=O) groups excluding carboxylic acids is 1. The zero-order chi connectivity index (χ0) is 33.3. The molecule has 0 N–H and O–H groups in total. The van der Waals surface area contributed by atoms with Crippen LogP contribution in [0.5, 0.6) is 11.5 Å². The summed E-state index contributed by atoms with van der Waals surface area (Å²) in [5.74, 6) is 0.931. The standard InChI is InChI=1S/C44H56O3/c1-5-7-9-11-12-13-14-16-18-36-19-24-41(33-34(36)3)39-22-20-37(21-23-39)38-25-29-43(30-26-38)47-44(45)40-27-31-42(32-28-40)46-35(4)17-15-10-8-6-2/h19-33,35H,5-18H2,1-4H3/t35-/m1/s1. The number of unbranched alkanes of at least 4 members (excludes halogenated alkanes) is 10. The van der Waals surface area contributed by atoms with Gasteiger partial charge in [0.1, 0.15) is 11.5 Å². The molecule has 4 rings (SSSR count). The van der Waals surface area contributed by atoms with E-state index in [1.807, 2.05) is 36.4 Å². The average molecular weight is 633 g/mol. The number of benzene rings is 4. The lowest BCUT2D eigenvalue weighted by atomic mass is 9.95. The minimum absolute atomic E-state index is 0.157. The Morgan fingerprint density at radius 1 is 0.574 bits per heavy atom. The Hall–Kier alpha value is -3.85. The molecule has 0 saturated heterocycles. The topological polar surface area (TPSA) is 35.5 Å². The van der Waals surface area contributed by atoms with Crippen LogP contribution in [-0.4, -0.2) is 12.1 Å². The molecule has 0 amide bonds. The Labute approximate surface area is 284 Å². The highest BCUT2D eigenvalue weighted by molar-refractivity contribution is 5.91. The number of esters is 1. The molecule has 3 nitrogen and oxygen atoms in total. The third-order valence-corrected chi connectivity index (χ3v) is 9.15. The van der Waals surface area contributed by atoms with E-state index in [1.54, 1.807) is 12.1 Å². The van der Waals surface area contributed by atoms with Crippen LogP contribution in [0.15, 0.2) is 91.0 Å². The van der Waals surface area contributed by atoms with E-state index in [9.17, 15) is 4.79 Å². The van der Waals surface area contributed by atoms with Gasteiger partial charge < -0.3 is 9.47 Å². The van der Waals surface area contributed by atoms with Crippen LogP contribution in [0.4, 0.5) is 0 Å². The minimum Gasteiger partial charge on any atom is -0.491 e. The van der Waals surface area contributed by atoms with E-state index in [0.29, 0.717) is 11.3 Å². The predicted octanol–water partition coefficient (Wildman–Crippen LogP) is 13.0. The lowest BCUT2D eigenvalue weighted by molar-refractivity contribution is 0.0734. The number of hydrogen-bond acceptors (Lipinski definition) is 3. The molecule has 0 radical (unpaired) electrons. The third kappa shape index (κ3) is 12.0. The summed E-state index contributed by atoms with van der Waals surface area (Å²) in [6.07, 6.45) is 18.2. The Morgan fingerprint density at radius 3 is 1.66 bits per heavy atom. The molecule has 1 atom stereocenters. The highest BCUT2D eigenvalue weighted by atomic mass is 16.5. The first-order valence-corrected chi connectivity index (χ1v) is 18.3. The number of aryl methyl sites for hydroxylation is 2. The maximum Gasteiger partial charge on any atom is 0.343 e. The second-order valence-corrected chi connectivity index (χ2v) is 13.2. The van der Waals surface area contributed by atoms with Crippen LogP contribution in [0.2, 0.25) is 0 Å². The van der Waals surface area contributed by atoms with Crippen molar-refractivity contribution >= 4 is 5.97 Å². The maximum atomic E-state index is 12.8. The van der Waals surface area contributed by atoms with Gasteiger partial charge >= 0.3 is 5.97 Å². The summed E-state index contributed by atoms with van der Waals surface area (Å²) in [4.78, 5) is 12.8. The van der Waals surface area contributed by atoms with Crippen molar-refractivity contribution in [3.8, 4) is 33.8 Å². The predicted molar refractivity (Wildman–Crippen MR) is 199 cm³/mol. The van der Waals surface area contributed by atoms with E-state index < -0.39 is 0 Å². The van der Waals surface area contributed by atoms with Crippen LogP contribution in [0.1, 0.15) is 126 Å². The van der Waals surface area contributed by atoms with Gasteiger partial charge in [-0.1, -0.05) is 133 Å². The second-order valence-electron chi connectivity index (χ2n) is 13.2. The van der Waals surface area contributed by atoms with Gasteiger partial charge in [-0.2, -0.15) is 0 Å². The van der Waals surface area contributed by atoms with Crippen LogP contribution < -0.4 is 9.47 Å². The SMILES string of the molecule is CCCCCCCCCCc1ccc(-c2ccc(-c3ccc(OC(=O)c4ccc(O[C@H](C)CCCCCC)cc4)cc3)cc2)cc1C. The van der Waals surface area contributed by atoms with Crippen molar-refractivity contribution < 1.29 is 14.3 Å². The summed E-state index contributed by atoms with van der Waals surface area (Å²) >= 11 is 0. The number of carbonyl (C=O) groups is 1. The first-order valence-electron chi connectivity index (χ1n) is 18.3. The van der Waals surface area contributed by atoms with Crippen molar-refractivity contribution in [2.45, 2.75) is 124 Å². The van der Waals surface area contributed by atoms with E-state index in [2.05, 4.69) is 70.2 Å². The quantitative estimate of drug-likeness (QED) is 0.0552. The molecule has 0 bridgehead atoms. The van der Waals surface area contributed by atoms with Crippen LogP contribution in [0, 0.1) is 6.92 Å². The monoisotopic (exact) mass is 632 g/mol. The maximum absolute atomic E-state index is 12.8. The summed E-state index contributed by atoms with van der Waals surface area (Å²) < 4.78 is 11.7. The molecule has 0 unspecified atom stereocenters. The van der Waals surface area contributed by atoms with Crippen molar-refractivity contribution in [3.05, 3.63) is 108 Å². The molecule has 250 valence electrons. The van der Waals surface area contributed by atoms with Gasteiger partial charge in [0.05, 0.1) is 11.7 Å². The van der Waals surface area contributed by atoms with Gasteiger partial charge in [0.2, 0.25) is 0 Å². The Balaban J connectivity index is 1.24. The van der Waals surface area contributed by atoms with Crippen LogP contribution in [0.25, 0.3) is 22.3 Å². The molecule has 0 heterocycles. The Morgan fingerprint density at radius 2 is 1.06 bits per heavy atom. The molecule has 0 spiro atoms. The van der Waals surface area contributed by atoms with Crippen molar-refractivity contribution in [2.24, 2.45) is 0 Å². The van der Waals surface area contributed by atoms with Gasteiger partial charge in [0, 0.05) is 0 Å². The van der Waals surface area contributed by atoms with Gasteiger partial charge in [-0.25, -0.2) is 4.79 Å². The first-order chi connectivity index (χ1) is 23.0. The fourth-order valence-corrected chi connectivity index (χ4v) is 6.16. The van der Waals surface area contributed by atoms with Gasteiger partial charge in [-0.15, -0.1) is 0 Å². The summed E-state index contributed by atoms with van der Waals surface area (Å²) in [5.41, 5.74) is 8.05. The third-order valence-electron chi connectivity index (χ3n) is 9.15. The summed E-state index contributed by atoms with van der Waals surface area (Å²) in [5, 5.41) is 0. The van der Waals surface area contributed by atoms with Crippen LogP contribution in [-0.2, 0) is 6.42 Å². The summed E-state index contributed by atoms with van der Waals surface area (Å²) in [7, 11) is 0. The van der Waals surface area contributed by atoms with E-state index in [-0.39, 0.29) is 12.1 Å². The summed E-state index contributed by atoms with van der Waals surface area (Å²) in [6.45, 7) is 8.84. The van der Waals surface area contributed by atoms with Crippen LogP contribution in [0.3, 0.4) is 0 Å². The second kappa shape index (κ2) is 19.7. The molecule has 4 aromatic rings. The average Bonchev–Trinajstić information content (AvgIpc) is 3.09. The van der Waals surface area contributed by atoms with Gasteiger partial charge in [-0.05, 0) is 109 Å². The lowest BCUT2D eigenvalue weighted by Crippen LogP contribution is -2.12. The Kier molecular flexibility index (Phi) is 15.1. The van der Waals surface area contributed by atoms with E-state index in [0.717, 1.165) is 23.3 Å². The molecular formula is C44H56O3. The minimum atomic E-state index is -0.375. The molecular weight excluding hydrogens is 576 g/mol. The fourth-order valence-electron chi connectivity index (χ4n) is 6.16. The van der Waals surface area contributed by atoms with Gasteiger partial charge in [-0.3, -0.25) is 0 Å². The molecule has 0 saturated carbocycles. The molecule has 0 aliphatic carbocycles. The molecule has 0 aromatic heterocycles. The van der Waals surface area contributed by atoms with E-state index in [4.69, 9.17) is 9.47 Å². The van der Waals surface area contributed by atoms with Gasteiger partial charge in [0.25, 0.3) is 0 Å². The molecule has 47 heavy (non-hydrogen) atoms. The van der Waals surface area contributed by atoms with E-state index >= 15 is 0 Å². The molecule has 0 aliphatic rings. The normalized spacial score (nSPS) is 11.7. The fraction of sp³-hybridized carbons (Fsp3) is 0.432. The van der Waals surface area contributed by atoms with Crippen molar-refractivity contribution in [2.75, 3.05) is 0 Å². The molecule has 4 aromatic carbocycles. The summed E-state index contributed by atoms with van der Waals surface area (Å²) in [6, 6.07) is 30.6. The molecule has 0 fully saturated rings. The number of rotatable bonds is 20. The highest BCUT2D eigenvalue weighted by Gasteiger charge is 2.11. The lowest BCUT2D eigenvalue weighted by Gasteiger charge is -2.14. The molecule has 0 aliphatic heterocycles. The van der Waals surface area contributed by atoms with Crippen LogP contribution >= 0.6 is 0 Å². The molecule has 3 heteroatoms. The number of ether oxygens (including phenoxy) is 2.